The van der Waals surface area contributed by atoms with Gasteiger partial charge in [-0.25, -0.2) is 0 Å². The van der Waals surface area contributed by atoms with E-state index in [2.05, 4.69) is 4.40 Å². The molecule has 0 atom stereocenters. The summed E-state index contributed by atoms with van der Waals surface area (Å²) in [6, 6.07) is 0. The van der Waals surface area contributed by atoms with Gasteiger partial charge in [0.25, 0.3) is 0 Å². The molecule has 0 saturated carbocycles. The number of rotatable bonds is 2. The van der Waals surface area contributed by atoms with E-state index in [0.29, 0.717) is 5.71 Å². The Hall–Kier alpha value is -0.510. The van der Waals surface area contributed by atoms with Crippen molar-refractivity contribution < 1.29 is 3.89 Å². The van der Waals surface area contributed by atoms with Crippen molar-refractivity contribution in [3.8, 4) is 0 Å². The van der Waals surface area contributed by atoms with Crippen LogP contribution in [0.1, 0.15) is 13.8 Å². The van der Waals surface area contributed by atoms with Crippen LogP contribution in [-0.4, -0.2) is 5.71 Å². The predicted molar refractivity (Wildman–Crippen MR) is 39.8 cm³/mol. The van der Waals surface area contributed by atoms with Gasteiger partial charge in [0.2, 0.25) is 0 Å². The molecule has 0 bridgehead atoms. The first kappa shape index (κ1) is 8.49. The minimum atomic E-state index is -0.0550. The highest BCUT2D eigenvalue weighted by Gasteiger charge is 1.91. The summed E-state index contributed by atoms with van der Waals surface area (Å²) in [4.78, 5) is 0. The number of nitrogens with zero attached hydrogens (tertiary/aromatic N) is 1. The smallest absolute Gasteiger partial charge is 0.186 e. The molecule has 0 aromatic carbocycles. The van der Waals surface area contributed by atoms with E-state index in [9.17, 15) is 3.89 Å². The highest BCUT2D eigenvalue weighted by atomic mass is 32.2. The van der Waals surface area contributed by atoms with Gasteiger partial charge in [-0.05, 0) is 25.6 Å². The monoisotopic (exact) mass is 148 g/mol. The van der Waals surface area contributed by atoms with Crippen molar-refractivity contribution >= 4 is 18.0 Å². The van der Waals surface area contributed by atoms with Crippen molar-refractivity contribution in [2.75, 3.05) is 0 Å². The number of nitrogens with two attached hydrogens (primary N) is 1. The van der Waals surface area contributed by atoms with Gasteiger partial charge in [-0.2, -0.15) is 4.40 Å². The van der Waals surface area contributed by atoms with Gasteiger partial charge in [0.1, 0.15) is 0 Å². The SMILES string of the molecule is CC(=C/N)/C(C)=N/SF. The highest BCUT2D eigenvalue weighted by Crippen LogP contribution is 2.05. The zero-order chi connectivity index (χ0) is 7.28. The second-order valence-electron chi connectivity index (χ2n) is 1.60. The molecule has 0 aromatic rings. The first-order valence-electron chi connectivity index (χ1n) is 2.43. The fraction of sp³-hybridized carbons (Fsp3) is 0.400. The maximum absolute atomic E-state index is 11.4. The van der Waals surface area contributed by atoms with Crippen LogP contribution in [0.5, 0.6) is 0 Å². The van der Waals surface area contributed by atoms with Gasteiger partial charge < -0.3 is 5.73 Å². The third-order valence-corrected chi connectivity index (χ3v) is 1.33. The molecular formula is C5H9FN2S. The molecule has 0 heterocycles. The molecule has 0 spiro atoms. The van der Waals surface area contributed by atoms with Crippen LogP contribution in [0.25, 0.3) is 0 Å². The first-order chi connectivity index (χ1) is 4.22. The first-order valence-corrected chi connectivity index (χ1v) is 3.11. The van der Waals surface area contributed by atoms with Gasteiger partial charge in [-0.15, -0.1) is 3.89 Å². The molecule has 0 rings (SSSR count). The third kappa shape index (κ3) is 3.13. The summed E-state index contributed by atoms with van der Waals surface area (Å²) in [7, 11) is 0. The lowest BCUT2D eigenvalue weighted by Gasteiger charge is -1.93. The molecular weight excluding hydrogens is 139 g/mol. The molecule has 4 heteroatoms. The van der Waals surface area contributed by atoms with Gasteiger partial charge in [0, 0.05) is 0 Å². The fourth-order valence-electron chi connectivity index (χ4n) is 0.244. The average molecular weight is 148 g/mol. The minimum absolute atomic E-state index is 0.0550. The normalized spacial score (nSPS) is 14.1. The zero-order valence-electron chi connectivity index (χ0n) is 5.39. The summed E-state index contributed by atoms with van der Waals surface area (Å²) in [5.41, 5.74) is 6.54. The van der Waals surface area contributed by atoms with E-state index < -0.39 is 0 Å². The molecule has 2 nitrogen and oxygen atoms in total. The summed E-state index contributed by atoms with van der Waals surface area (Å²) in [6.45, 7) is 3.47. The molecule has 0 aliphatic rings. The Balaban J connectivity index is 4.03. The average Bonchev–Trinajstić information content (AvgIpc) is 1.87. The Labute approximate surface area is 58.5 Å². The highest BCUT2D eigenvalue weighted by molar-refractivity contribution is 7.93. The van der Waals surface area contributed by atoms with Crippen LogP contribution in [0.4, 0.5) is 3.89 Å². The molecule has 52 valence electrons. The van der Waals surface area contributed by atoms with E-state index in [1.807, 2.05) is 0 Å². The molecule has 0 aromatic heterocycles. The molecule has 0 aliphatic carbocycles. The predicted octanol–water partition coefficient (Wildman–Crippen LogP) is 1.84. The Morgan fingerprint density at radius 3 is 2.56 bits per heavy atom. The second-order valence-corrected chi connectivity index (χ2v) is 1.92. The topological polar surface area (TPSA) is 38.4 Å². The molecule has 0 fully saturated rings. The van der Waals surface area contributed by atoms with Gasteiger partial charge in [0.15, 0.2) is 12.3 Å². The van der Waals surface area contributed by atoms with Crippen molar-refractivity contribution in [2.24, 2.45) is 10.1 Å². The quantitative estimate of drug-likeness (QED) is 0.479. The lowest BCUT2D eigenvalue weighted by molar-refractivity contribution is 0.938. The third-order valence-electron chi connectivity index (χ3n) is 0.992. The van der Waals surface area contributed by atoms with Crippen molar-refractivity contribution in [3.05, 3.63) is 11.8 Å². The van der Waals surface area contributed by atoms with Crippen LogP contribution in [0.3, 0.4) is 0 Å². The molecule has 9 heavy (non-hydrogen) atoms. The maximum atomic E-state index is 11.4. The van der Waals surface area contributed by atoms with Crippen LogP contribution in [0, 0.1) is 0 Å². The number of hydrogen-bond acceptors (Lipinski definition) is 3. The fourth-order valence-corrected chi connectivity index (χ4v) is 0.492. The van der Waals surface area contributed by atoms with Crippen molar-refractivity contribution in [1.82, 2.24) is 0 Å². The number of allylic oxidation sites excluding steroid dienone is 1. The Morgan fingerprint density at radius 1 is 1.67 bits per heavy atom. The van der Waals surface area contributed by atoms with E-state index in [-0.39, 0.29) is 12.3 Å². The van der Waals surface area contributed by atoms with Crippen LogP contribution < -0.4 is 5.73 Å². The van der Waals surface area contributed by atoms with Crippen molar-refractivity contribution in [1.29, 1.82) is 0 Å². The van der Waals surface area contributed by atoms with Crippen LogP contribution in [0.15, 0.2) is 16.2 Å². The van der Waals surface area contributed by atoms with E-state index >= 15 is 0 Å². The molecule has 2 N–H and O–H groups in total. The van der Waals surface area contributed by atoms with Gasteiger partial charge in [-0.1, -0.05) is 0 Å². The Morgan fingerprint density at radius 2 is 2.22 bits per heavy atom. The number of hydrogen-bond donors (Lipinski definition) is 1. The van der Waals surface area contributed by atoms with Crippen molar-refractivity contribution in [3.63, 3.8) is 0 Å². The standard InChI is InChI=1S/C5H9FN2S/c1-4(3-7)5(2)8-9-6/h3H,7H2,1-2H3/b4-3-,8-5+. The van der Waals surface area contributed by atoms with Crippen LogP contribution in [-0.2, 0) is 0 Å². The lowest BCUT2D eigenvalue weighted by Crippen LogP contribution is -1.94. The Bertz CT molecular complexity index is 142. The van der Waals surface area contributed by atoms with Gasteiger partial charge in [-0.3, -0.25) is 0 Å². The second kappa shape index (κ2) is 4.38. The number of halogens is 1. The molecule has 0 saturated heterocycles. The minimum Gasteiger partial charge on any atom is -0.404 e. The molecule has 0 radical (unpaired) electrons. The summed E-state index contributed by atoms with van der Waals surface area (Å²) in [6.07, 6.45) is 1.40. The zero-order valence-corrected chi connectivity index (χ0v) is 6.20. The van der Waals surface area contributed by atoms with E-state index in [4.69, 9.17) is 5.73 Å². The molecule has 0 unspecified atom stereocenters. The van der Waals surface area contributed by atoms with Crippen LogP contribution >= 0.6 is 12.3 Å². The molecule has 0 amide bonds. The van der Waals surface area contributed by atoms with Gasteiger partial charge >= 0.3 is 0 Å². The van der Waals surface area contributed by atoms with E-state index in [1.54, 1.807) is 13.8 Å². The summed E-state index contributed by atoms with van der Waals surface area (Å²) >= 11 is -0.0550. The van der Waals surface area contributed by atoms with Crippen molar-refractivity contribution in [2.45, 2.75) is 13.8 Å². The van der Waals surface area contributed by atoms with E-state index in [1.165, 1.54) is 6.20 Å². The van der Waals surface area contributed by atoms with E-state index in [0.717, 1.165) is 5.57 Å². The summed E-state index contributed by atoms with van der Waals surface area (Å²) in [5.74, 6) is 0. The molecule has 0 aliphatic heterocycles. The van der Waals surface area contributed by atoms with Gasteiger partial charge in [0.05, 0.1) is 5.71 Å². The Kier molecular flexibility index (Phi) is 4.13. The largest absolute Gasteiger partial charge is 0.404 e. The summed E-state index contributed by atoms with van der Waals surface area (Å²) in [5, 5.41) is 0. The van der Waals surface area contributed by atoms with Crippen LogP contribution in [0.2, 0.25) is 0 Å². The summed E-state index contributed by atoms with van der Waals surface area (Å²) < 4.78 is 14.8. The lowest BCUT2D eigenvalue weighted by atomic mass is 10.2. The maximum Gasteiger partial charge on any atom is 0.186 e.